The third-order valence-electron chi connectivity index (χ3n) is 5.54. The van der Waals surface area contributed by atoms with Crippen molar-refractivity contribution in [2.75, 3.05) is 24.6 Å². The second-order valence-corrected chi connectivity index (χ2v) is 7.07. The highest BCUT2D eigenvalue weighted by Crippen LogP contribution is 2.39. The molecule has 0 aromatic carbocycles. The van der Waals surface area contributed by atoms with Crippen LogP contribution in [-0.4, -0.2) is 47.2 Å². The number of amides is 1. The van der Waals surface area contributed by atoms with E-state index >= 15 is 0 Å². The van der Waals surface area contributed by atoms with E-state index in [0.29, 0.717) is 12.6 Å². The first-order valence-electron chi connectivity index (χ1n) is 8.70. The van der Waals surface area contributed by atoms with Crippen LogP contribution in [-0.2, 0) is 9.53 Å². The average Bonchev–Trinajstić information content (AvgIpc) is 2.96. The number of anilines is 1. The summed E-state index contributed by atoms with van der Waals surface area (Å²) in [4.78, 5) is 23.2. The third kappa shape index (κ3) is 3.04. The topological polar surface area (TPSA) is 67.3 Å². The molecular formula is C17H24N4O2. The molecule has 0 bridgehead atoms. The Balaban J connectivity index is 1.32. The predicted molar refractivity (Wildman–Crippen MR) is 86.1 cm³/mol. The molecule has 124 valence electrons. The molecule has 3 heterocycles. The predicted octanol–water partition coefficient (Wildman–Crippen LogP) is 1.52. The Kier molecular flexibility index (Phi) is 3.93. The summed E-state index contributed by atoms with van der Waals surface area (Å²) in [7, 11) is 0. The number of nitrogens with one attached hydrogen (secondary N) is 1. The summed E-state index contributed by atoms with van der Waals surface area (Å²) in [5, 5.41) is 3.17. The highest BCUT2D eigenvalue weighted by atomic mass is 16.5. The van der Waals surface area contributed by atoms with E-state index in [1.165, 1.54) is 6.42 Å². The average molecular weight is 316 g/mol. The molecule has 1 N–H and O–H groups in total. The van der Waals surface area contributed by atoms with E-state index in [-0.39, 0.29) is 17.4 Å². The van der Waals surface area contributed by atoms with Crippen molar-refractivity contribution in [3.63, 3.8) is 0 Å². The maximum absolute atomic E-state index is 12.3. The van der Waals surface area contributed by atoms with Crippen LogP contribution in [0, 0.1) is 5.92 Å². The van der Waals surface area contributed by atoms with Gasteiger partial charge in [-0.25, -0.2) is 9.97 Å². The van der Waals surface area contributed by atoms with Gasteiger partial charge in [-0.1, -0.05) is 0 Å². The van der Waals surface area contributed by atoms with Crippen molar-refractivity contribution >= 4 is 11.9 Å². The Hall–Kier alpha value is -1.69. The number of hydrogen-bond donors (Lipinski definition) is 1. The van der Waals surface area contributed by atoms with Crippen LogP contribution in [0.5, 0.6) is 0 Å². The number of nitrogens with zero attached hydrogens (tertiary/aromatic N) is 3. The first kappa shape index (κ1) is 14.9. The van der Waals surface area contributed by atoms with Crippen molar-refractivity contribution in [3.8, 4) is 0 Å². The Morgan fingerprint density at radius 3 is 2.65 bits per heavy atom. The number of rotatable bonds is 3. The van der Waals surface area contributed by atoms with Crippen molar-refractivity contribution in [1.29, 1.82) is 0 Å². The maximum atomic E-state index is 12.3. The molecule has 4 rings (SSSR count). The first-order chi connectivity index (χ1) is 11.2. The molecule has 0 radical (unpaired) electrons. The van der Waals surface area contributed by atoms with Crippen LogP contribution in [0.4, 0.5) is 5.95 Å². The molecule has 2 aliphatic heterocycles. The molecular weight excluding hydrogens is 292 g/mol. The van der Waals surface area contributed by atoms with Gasteiger partial charge in [0.05, 0.1) is 18.1 Å². The van der Waals surface area contributed by atoms with Gasteiger partial charge >= 0.3 is 0 Å². The third-order valence-corrected chi connectivity index (χ3v) is 5.54. The van der Waals surface area contributed by atoms with Crippen molar-refractivity contribution in [2.45, 2.75) is 50.2 Å². The van der Waals surface area contributed by atoms with E-state index in [4.69, 9.17) is 4.74 Å². The summed E-state index contributed by atoms with van der Waals surface area (Å²) in [6, 6.07) is 2.25. The normalized spacial score (nSPS) is 27.0. The van der Waals surface area contributed by atoms with Crippen LogP contribution in [0.1, 0.15) is 38.5 Å². The van der Waals surface area contributed by atoms with E-state index in [0.717, 1.165) is 51.1 Å². The SMILES string of the molecule is O=C(NC1CCC1)[C@H]1COC2(CCN(c3ncccn3)CC2)C1. The van der Waals surface area contributed by atoms with Gasteiger partial charge in [0.25, 0.3) is 0 Å². The fourth-order valence-electron chi connectivity index (χ4n) is 3.80. The summed E-state index contributed by atoms with van der Waals surface area (Å²) >= 11 is 0. The van der Waals surface area contributed by atoms with E-state index in [1.807, 2.05) is 6.07 Å². The fourth-order valence-corrected chi connectivity index (χ4v) is 3.80. The van der Waals surface area contributed by atoms with Crippen molar-refractivity contribution < 1.29 is 9.53 Å². The Morgan fingerprint density at radius 2 is 2.00 bits per heavy atom. The number of aromatic nitrogens is 2. The van der Waals surface area contributed by atoms with Crippen molar-refractivity contribution in [2.24, 2.45) is 5.92 Å². The molecule has 1 spiro atoms. The van der Waals surface area contributed by atoms with Gasteiger partial charge in [-0.05, 0) is 44.6 Å². The molecule has 0 unspecified atom stereocenters. The standard InChI is InChI=1S/C17H24N4O2/c22-15(20-14-3-1-4-14)13-11-17(23-12-13)5-9-21(10-6-17)16-18-7-2-8-19-16/h2,7-8,13-14H,1,3-6,9-12H2,(H,20,22)/t13-/m1/s1. The number of piperidine rings is 1. The van der Waals surface area contributed by atoms with Gasteiger partial charge in [-0.3, -0.25) is 4.79 Å². The van der Waals surface area contributed by atoms with Crippen LogP contribution in [0.2, 0.25) is 0 Å². The van der Waals surface area contributed by atoms with Gasteiger partial charge in [0.15, 0.2) is 0 Å². The molecule has 6 nitrogen and oxygen atoms in total. The second-order valence-electron chi connectivity index (χ2n) is 7.07. The van der Waals surface area contributed by atoms with E-state index < -0.39 is 0 Å². The minimum absolute atomic E-state index is 0.0233. The highest BCUT2D eigenvalue weighted by molar-refractivity contribution is 5.79. The fraction of sp³-hybridized carbons (Fsp3) is 0.706. The van der Waals surface area contributed by atoms with Crippen molar-refractivity contribution in [1.82, 2.24) is 15.3 Å². The largest absolute Gasteiger partial charge is 0.374 e. The van der Waals surface area contributed by atoms with Gasteiger partial charge in [0.2, 0.25) is 11.9 Å². The van der Waals surface area contributed by atoms with Crippen LogP contribution >= 0.6 is 0 Å². The van der Waals surface area contributed by atoms with Gasteiger partial charge in [0, 0.05) is 31.5 Å². The minimum atomic E-state index is -0.118. The summed E-state index contributed by atoms with van der Waals surface area (Å²) < 4.78 is 6.10. The van der Waals surface area contributed by atoms with E-state index in [1.54, 1.807) is 12.4 Å². The molecule has 2 saturated heterocycles. The van der Waals surface area contributed by atoms with E-state index in [2.05, 4.69) is 20.2 Å². The Morgan fingerprint density at radius 1 is 1.26 bits per heavy atom. The molecule has 3 aliphatic rings. The van der Waals surface area contributed by atoms with Gasteiger partial charge in [-0.2, -0.15) is 0 Å². The summed E-state index contributed by atoms with van der Waals surface area (Å²) in [6.07, 6.45) is 9.81. The number of carbonyl (C=O) groups excluding carboxylic acids is 1. The lowest BCUT2D eigenvalue weighted by atomic mass is 9.84. The zero-order valence-electron chi connectivity index (χ0n) is 13.4. The van der Waals surface area contributed by atoms with Crippen LogP contribution in [0.25, 0.3) is 0 Å². The van der Waals surface area contributed by atoms with E-state index in [9.17, 15) is 4.79 Å². The Bertz CT molecular complexity index is 553. The number of hydrogen-bond acceptors (Lipinski definition) is 5. The van der Waals surface area contributed by atoms with Crippen LogP contribution in [0.3, 0.4) is 0 Å². The molecule has 3 fully saturated rings. The molecule has 6 heteroatoms. The molecule has 1 aromatic heterocycles. The highest BCUT2D eigenvalue weighted by Gasteiger charge is 2.45. The molecule has 1 aromatic rings. The number of carbonyl (C=O) groups is 1. The molecule has 1 saturated carbocycles. The molecule has 1 aliphatic carbocycles. The molecule has 1 amide bonds. The first-order valence-corrected chi connectivity index (χ1v) is 8.70. The van der Waals surface area contributed by atoms with Gasteiger partial charge in [-0.15, -0.1) is 0 Å². The summed E-state index contributed by atoms with van der Waals surface area (Å²) in [6.45, 7) is 2.35. The summed E-state index contributed by atoms with van der Waals surface area (Å²) in [5.74, 6) is 1.01. The molecule has 23 heavy (non-hydrogen) atoms. The van der Waals surface area contributed by atoms with Crippen LogP contribution < -0.4 is 10.2 Å². The van der Waals surface area contributed by atoms with Gasteiger partial charge in [0.1, 0.15) is 0 Å². The minimum Gasteiger partial charge on any atom is -0.374 e. The monoisotopic (exact) mass is 316 g/mol. The molecule has 1 atom stereocenters. The smallest absolute Gasteiger partial charge is 0.225 e. The lowest BCUT2D eigenvalue weighted by Crippen LogP contribution is -2.46. The number of ether oxygens (including phenoxy) is 1. The Labute approximate surface area is 136 Å². The van der Waals surface area contributed by atoms with Crippen molar-refractivity contribution in [3.05, 3.63) is 18.5 Å². The zero-order valence-corrected chi connectivity index (χ0v) is 13.4. The van der Waals surface area contributed by atoms with Crippen LogP contribution in [0.15, 0.2) is 18.5 Å². The zero-order chi connectivity index (χ0) is 15.7. The lowest BCUT2D eigenvalue weighted by Gasteiger charge is -2.38. The van der Waals surface area contributed by atoms with Gasteiger partial charge < -0.3 is 15.0 Å². The quantitative estimate of drug-likeness (QED) is 0.916. The lowest BCUT2D eigenvalue weighted by molar-refractivity contribution is -0.126. The summed E-state index contributed by atoms with van der Waals surface area (Å²) in [5.41, 5.74) is -0.118. The second kappa shape index (κ2) is 6.07. The maximum Gasteiger partial charge on any atom is 0.225 e.